The number of benzene rings is 1. The second-order valence-corrected chi connectivity index (χ2v) is 5.71. The highest BCUT2D eigenvalue weighted by atomic mass is 35.5. The first kappa shape index (κ1) is 16.0. The molecule has 0 aliphatic rings. The Morgan fingerprint density at radius 1 is 1.37 bits per heavy atom. The number of hydrogen-bond acceptors (Lipinski definition) is 2. The Balaban J connectivity index is 2.53. The first-order valence-electron chi connectivity index (χ1n) is 6.65. The summed E-state index contributed by atoms with van der Waals surface area (Å²) in [4.78, 5) is 13.9. The molecule has 0 saturated heterocycles. The van der Waals surface area contributed by atoms with Crippen molar-refractivity contribution in [3.05, 3.63) is 34.9 Å². The SMILES string of the molecule is CCCC(C)(N)C(=O)N(C)CCc1ccc(Cl)cc1. The van der Waals surface area contributed by atoms with Gasteiger partial charge in [-0.1, -0.05) is 37.1 Å². The second kappa shape index (κ2) is 6.92. The highest BCUT2D eigenvalue weighted by Crippen LogP contribution is 2.13. The minimum Gasteiger partial charge on any atom is -0.344 e. The molecule has 0 heterocycles. The van der Waals surface area contributed by atoms with Gasteiger partial charge in [-0.2, -0.15) is 0 Å². The Morgan fingerprint density at radius 3 is 2.47 bits per heavy atom. The molecule has 0 aromatic heterocycles. The van der Waals surface area contributed by atoms with Crippen molar-refractivity contribution in [1.82, 2.24) is 4.90 Å². The van der Waals surface area contributed by atoms with E-state index in [1.54, 1.807) is 18.9 Å². The van der Waals surface area contributed by atoms with E-state index in [0.717, 1.165) is 17.9 Å². The Hall–Kier alpha value is -1.06. The van der Waals surface area contributed by atoms with Crippen LogP contribution in [0.2, 0.25) is 5.02 Å². The minimum atomic E-state index is -0.760. The van der Waals surface area contributed by atoms with Crippen LogP contribution < -0.4 is 5.73 Å². The molecule has 1 unspecified atom stereocenters. The van der Waals surface area contributed by atoms with Crippen LogP contribution in [0.1, 0.15) is 32.3 Å². The summed E-state index contributed by atoms with van der Waals surface area (Å²) in [5.41, 5.74) is 6.46. The van der Waals surface area contributed by atoms with Gasteiger partial charge in [0.2, 0.25) is 5.91 Å². The Labute approximate surface area is 120 Å². The van der Waals surface area contributed by atoms with Gasteiger partial charge in [0.05, 0.1) is 5.54 Å². The van der Waals surface area contributed by atoms with Crippen molar-refractivity contribution >= 4 is 17.5 Å². The van der Waals surface area contributed by atoms with Crippen LogP contribution in [0.5, 0.6) is 0 Å². The van der Waals surface area contributed by atoms with Gasteiger partial charge in [-0.25, -0.2) is 0 Å². The fraction of sp³-hybridized carbons (Fsp3) is 0.533. The molecule has 106 valence electrons. The van der Waals surface area contributed by atoms with Crippen molar-refractivity contribution in [2.24, 2.45) is 5.73 Å². The molecule has 1 atom stereocenters. The number of amides is 1. The largest absolute Gasteiger partial charge is 0.344 e. The molecule has 0 aliphatic carbocycles. The number of carbonyl (C=O) groups excluding carboxylic acids is 1. The van der Waals surface area contributed by atoms with Crippen LogP contribution >= 0.6 is 11.6 Å². The van der Waals surface area contributed by atoms with Crippen LogP contribution in [0.25, 0.3) is 0 Å². The highest BCUT2D eigenvalue weighted by Gasteiger charge is 2.29. The Bertz CT molecular complexity index is 415. The second-order valence-electron chi connectivity index (χ2n) is 5.27. The lowest BCUT2D eigenvalue weighted by molar-refractivity contribution is -0.135. The van der Waals surface area contributed by atoms with E-state index in [2.05, 4.69) is 0 Å². The molecule has 2 N–H and O–H groups in total. The lowest BCUT2D eigenvalue weighted by atomic mass is 9.96. The maximum absolute atomic E-state index is 12.2. The van der Waals surface area contributed by atoms with Gasteiger partial charge in [0.15, 0.2) is 0 Å². The summed E-state index contributed by atoms with van der Waals surface area (Å²) < 4.78 is 0. The average molecular weight is 283 g/mol. The summed E-state index contributed by atoms with van der Waals surface area (Å²) in [6, 6.07) is 7.69. The molecular weight excluding hydrogens is 260 g/mol. The normalized spacial score (nSPS) is 13.9. The van der Waals surface area contributed by atoms with Crippen molar-refractivity contribution in [3.63, 3.8) is 0 Å². The summed E-state index contributed by atoms with van der Waals surface area (Å²) >= 11 is 5.84. The van der Waals surface area contributed by atoms with Gasteiger partial charge < -0.3 is 10.6 Å². The standard InChI is InChI=1S/C15H23ClN2O/c1-4-10-15(2,17)14(19)18(3)11-9-12-5-7-13(16)8-6-12/h5-8H,4,9-11,17H2,1-3H3. The minimum absolute atomic E-state index is 0.00307. The monoisotopic (exact) mass is 282 g/mol. The van der Waals surface area contributed by atoms with Crippen LogP contribution in [-0.2, 0) is 11.2 Å². The van der Waals surface area contributed by atoms with Crippen LogP contribution in [0.4, 0.5) is 0 Å². The Kier molecular flexibility index (Phi) is 5.83. The third-order valence-corrected chi connectivity index (χ3v) is 3.51. The Morgan fingerprint density at radius 2 is 1.95 bits per heavy atom. The lowest BCUT2D eigenvalue weighted by Gasteiger charge is -2.29. The molecular formula is C15H23ClN2O. The number of hydrogen-bond donors (Lipinski definition) is 1. The maximum Gasteiger partial charge on any atom is 0.242 e. The molecule has 3 nitrogen and oxygen atoms in total. The summed E-state index contributed by atoms with van der Waals surface area (Å²) in [5, 5.41) is 0.727. The first-order chi connectivity index (χ1) is 8.86. The van der Waals surface area contributed by atoms with Crippen molar-refractivity contribution in [3.8, 4) is 0 Å². The molecule has 0 spiro atoms. The molecule has 1 aromatic rings. The molecule has 4 heteroatoms. The summed E-state index contributed by atoms with van der Waals surface area (Å²) in [6.07, 6.45) is 2.42. The summed E-state index contributed by atoms with van der Waals surface area (Å²) in [6.45, 7) is 4.50. The van der Waals surface area contributed by atoms with Crippen molar-refractivity contribution in [2.75, 3.05) is 13.6 Å². The molecule has 0 aliphatic heterocycles. The predicted octanol–water partition coefficient (Wildman–Crippen LogP) is 2.86. The number of likely N-dealkylation sites (N-methyl/N-ethyl adjacent to an activating group) is 1. The highest BCUT2D eigenvalue weighted by molar-refractivity contribution is 6.30. The van der Waals surface area contributed by atoms with Crippen molar-refractivity contribution in [1.29, 1.82) is 0 Å². The third kappa shape index (κ3) is 4.84. The van der Waals surface area contributed by atoms with E-state index >= 15 is 0 Å². The molecule has 1 amide bonds. The topological polar surface area (TPSA) is 46.3 Å². The molecule has 1 aromatic carbocycles. The molecule has 0 bridgehead atoms. The first-order valence-corrected chi connectivity index (χ1v) is 7.03. The van der Waals surface area contributed by atoms with Gasteiger partial charge in [-0.15, -0.1) is 0 Å². The number of nitrogens with two attached hydrogens (primary N) is 1. The number of rotatable bonds is 6. The zero-order valence-electron chi connectivity index (χ0n) is 11.9. The van der Waals surface area contributed by atoms with Gasteiger partial charge in [-0.3, -0.25) is 4.79 Å². The van der Waals surface area contributed by atoms with Gasteiger partial charge in [0, 0.05) is 18.6 Å². The van der Waals surface area contributed by atoms with Crippen LogP contribution in [0.3, 0.4) is 0 Å². The summed E-state index contributed by atoms with van der Waals surface area (Å²) in [5.74, 6) is 0.00307. The fourth-order valence-electron chi connectivity index (χ4n) is 2.11. The summed E-state index contributed by atoms with van der Waals surface area (Å²) in [7, 11) is 1.80. The number of carbonyl (C=O) groups is 1. The molecule has 0 fully saturated rings. The lowest BCUT2D eigenvalue weighted by Crippen LogP contribution is -2.52. The van der Waals surface area contributed by atoms with Crippen molar-refractivity contribution in [2.45, 2.75) is 38.6 Å². The molecule has 1 rings (SSSR count). The average Bonchev–Trinajstić information content (AvgIpc) is 2.36. The third-order valence-electron chi connectivity index (χ3n) is 3.25. The maximum atomic E-state index is 12.2. The van der Waals surface area contributed by atoms with Crippen LogP contribution in [0, 0.1) is 0 Å². The quantitative estimate of drug-likeness (QED) is 0.872. The zero-order valence-corrected chi connectivity index (χ0v) is 12.7. The zero-order chi connectivity index (χ0) is 14.5. The van der Waals surface area contributed by atoms with E-state index in [9.17, 15) is 4.79 Å². The number of halogens is 1. The molecule has 0 radical (unpaired) electrons. The van der Waals surface area contributed by atoms with E-state index in [4.69, 9.17) is 17.3 Å². The van der Waals surface area contributed by atoms with Crippen LogP contribution in [-0.4, -0.2) is 29.9 Å². The van der Waals surface area contributed by atoms with E-state index in [-0.39, 0.29) is 5.91 Å². The van der Waals surface area contributed by atoms with Gasteiger partial charge >= 0.3 is 0 Å². The van der Waals surface area contributed by atoms with Crippen molar-refractivity contribution < 1.29 is 4.79 Å². The van der Waals surface area contributed by atoms with E-state index in [1.807, 2.05) is 31.2 Å². The van der Waals surface area contributed by atoms with Gasteiger partial charge in [0.1, 0.15) is 0 Å². The van der Waals surface area contributed by atoms with Gasteiger partial charge in [0.25, 0.3) is 0 Å². The molecule has 0 saturated carbocycles. The predicted molar refractivity (Wildman–Crippen MR) is 80.3 cm³/mol. The van der Waals surface area contributed by atoms with E-state index in [1.165, 1.54) is 5.56 Å². The fourth-order valence-corrected chi connectivity index (χ4v) is 2.24. The van der Waals surface area contributed by atoms with Crippen LogP contribution in [0.15, 0.2) is 24.3 Å². The van der Waals surface area contributed by atoms with E-state index < -0.39 is 5.54 Å². The van der Waals surface area contributed by atoms with Gasteiger partial charge in [-0.05, 0) is 37.5 Å². The van der Waals surface area contributed by atoms with E-state index in [0.29, 0.717) is 13.0 Å². The molecule has 19 heavy (non-hydrogen) atoms. The number of nitrogens with zero attached hydrogens (tertiary/aromatic N) is 1. The smallest absolute Gasteiger partial charge is 0.242 e.